The molecule has 8 heteroatoms. The lowest BCUT2D eigenvalue weighted by molar-refractivity contribution is -0.119. The molecule has 0 bridgehead atoms. The highest BCUT2D eigenvalue weighted by molar-refractivity contribution is 6.42. The Kier molecular flexibility index (Phi) is 6.71. The van der Waals surface area contributed by atoms with Gasteiger partial charge in [-0.2, -0.15) is 0 Å². The first kappa shape index (κ1) is 19.9. The van der Waals surface area contributed by atoms with Crippen LogP contribution in [0.3, 0.4) is 0 Å². The lowest BCUT2D eigenvalue weighted by Crippen LogP contribution is -2.26. The van der Waals surface area contributed by atoms with Crippen molar-refractivity contribution in [2.45, 2.75) is 13.0 Å². The van der Waals surface area contributed by atoms with Crippen LogP contribution in [-0.4, -0.2) is 25.5 Å². The van der Waals surface area contributed by atoms with Gasteiger partial charge in [0.25, 0.3) is 11.8 Å². The third-order valence-electron chi connectivity index (χ3n) is 3.59. The van der Waals surface area contributed by atoms with Crippen LogP contribution in [0.2, 0.25) is 10.0 Å². The van der Waals surface area contributed by atoms with E-state index in [0.29, 0.717) is 27.1 Å². The van der Waals surface area contributed by atoms with Gasteiger partial charge in [0.1, 0.15) is 0 Å². The molecule has 0 radical (unpaired) electrons. The molecule has 0 saturated carbocycles. The number of rotatable bonds is 7. The Hall–Kier alpha value is -2.44. The van der Waals surface area contributed by atoms with Gasteiger partial charge < -0.3 is 20.5 Å². The summed E-state index contributed by atoms with van der Waals surface area (Å²) >= 11 is 11.9. The van der Waals surface area contributed by atoms with Crippen molar-refractivity contribution >= 4 is 35.0 Å². The molecule has 6 nitrogen and oxygen atoms in total. The minimum atomic E-state index is -0.607. The van der Waals surface area contributed by atoms with Crippen molar-refractivity contribution in [3.8, 4) is 11.5 Å². The SMILES string of the molecule is COc1cc(C(=O)NC(C)c2ccc(Cl)c(Cl)c2)ccc1OCC(N)=O. The van der Waals surface area contributed by atoms with Crippen molar-refractivity contribution in [2.24, 2.45) is 5.73 Å². The number of methoxy groups -OCH3 is 1. The van der Waals surface area contributed by atoms with Gasteiger partial charge in [-0.1, -0.05) is 29.3 Å². The molecule has 138 valence electrons. The minimum absolute atomic E-state index is 0.281. The normalized spacial score (nSPS) is 11.5. The summed E-state index contributed by atoms with van der Waals surface area (Å²) in [6.07, 6.45) is 0. The van der Waals surface area contributed by atoms with Crippen LogP contribution in [0, 0.1) is 0 Å². The topological polar surface area (TPSA) is 90.7 Å². The number of ether oxygens (including phenoxy) is 2. The number of halogens is 2. The van der Waals surface area contributed by atoms with E-state index in [-0.39, 0.29) is 18.6 Å². The lowest BCUT2D eigenvalue weighted by atomic mass is 10.1. The van der Waals surface area contributed by atoms with Crippen LogP contribution in [0.25, 0.3) is 0 Å². The molecular weight excluding hydrogens is 379 g/mol. The van der Waals surface area contributed by atoms with Gasteiger partial charge in [0.2, 0.25) is 0 Å². The van der Waals surface area contributed by atoms with E-state index >= 15 is 0 Å². The highest BCUT2D eigenvalue weighted by Crippen LogP contribution is 2.29. The van der Waals surface area contributed by atoms with Gasteiger partial charge in [-0.15, -0.1) is 0 Å². The number of amides is 2. The van der Waals surface area contributed by atoms with Gasteiger partial charge in [-0.05, 0) is 42.8 Å². The predicted octanol–water partition coefficient (Wildman–Crippen LogP) is 3.36. The highest BCUT2D eigenvalue weighted by atomic mass is 35.5. The van der Waals surface area contributed by atoms with Crippen LogP contribution in [0.15, 0.2) is 36.4 Å². The number of carbonyl (C=O) groups excluding carboxylic acids is 2. The second-order valence-electron chi connectivity index (χ2n) is 5.49. The molecule has 0 aliphatic heterocycles. The Bertz CT molecular complexity index is 827. The van der Waals surface area contributed by atoms with Crippen molar-refractivity contribution in [1.82, 2.24) is 5.32 Å². The molecule has 0 heterocycles. The number of carbonyl (C=O) groups is 2. The summed E-state index contributed by atoms with van der Waals surface area (Å²) < 4.78 is 10.4. The maximum absolute atomic E-state index is 12.5. The third-order valence-corrected chi connectivity index (χ3v) is 4.33. The zero-order valence-corrected chi connectivity index (χ0v) is 15.7. The number of hydrogen-bond acceptors (Lipinski definition) is 4. The summed E-state index contributed by atoms with van der Waals surface area (Å²) in [5.41, 5.74) is 6.25. The Morgan fingerprint density at radius 3 is 2.46 bits per heavy atom. The van der Waals surface area contributed by atoms with E-state index in [4.69, 9.17) is 38.4 Å². The lowest BCUT2D eigenvalue weighted by Gasteiger charge is -2.16. The molecule has 0 fully saturated rings. The third kappa shape index (κ3) is 5.03. The summed E-state index contributed by atoms with van der Waals surface area (Å²) in [5.74, 6) is -0.269. The first-order chi connectivity index (χ1) is 12.3. The van der Waals surface area contributed by atoms with Crippen molar-refractivity contribution < 1.29 is 19.1 Å². The molecule has 0 spiro atoms. The summed E-state index contributed by atoms with van der Waals surface area (Å²) in [6, 6.07) is 9.52. The molecule has 26 heavy (non-hydrogen) atoms. The fourth-order valence-electron chi connectivity index (χ4n) is 2.22. The number of hydrogen-bond donors (Lipinski definition) is 2. The molecule has 2 aromatic carbocycles. The zero-order chi connectivity index (χ0) is 19.3. The standard InChI is InChI=1S/C18H18Cl2N2O4/c1-10(11-3-5-13(19)14(20)7-11)22-18(24)12-4-6-15(16(8-12)25-2)26-9-17(21)23/h3-8,10H,9H2,1-2H3,(H2,21,23)(H,22,24). The van der Waals surface area contributed by atoms with Crippen LogP contribution >= 0.6 is 23.2 Å². The monoisotopic (exact) mass is 396 g/mol. The Morgan fingerprint density at radius 1 is 1.12 bits per heavy atom. The molecule has 3 N–H and O–H groups in total. The largest absolute Gasteiger partial charge is 0.493 e. The number of nitrogens with one attached hydrogen (secondary N) is 1. The fourth-order valence-corrected chi connectivity index (χ4v) is 2.53. The maximum atomic E-state index is 12.5. The van der Waals surface area contributed by atoms with Crippen LogP contribution in [0.5, 0.6) is 11.5 Å². The van der Waals surface area contributed by atoms with E-state index in [9.17, 15) is 9.59 Å². The average Bonchev–Trinajstić information content (AvgIpc) is 2.61. The van der Waals surface area contributed by atoms with E-state index in [1.807, 2.05) is 6.92 Å². The Balaban J connectivity index is 2.13. The molecule has 2 amide bonds. The van der Waals surface area contributed by atoms with Gasteiger partial charge in [0.15, 0.2) is 18.1 Å². The summed E-state index contributed by atoms with van der Waals surface area (Å²) in [4.78, 5) is 23.3. The average molecular weight is 397 g/mol. The van der Waals surface area contributed by atoms with Crippen LogP contribution in [-0.2, 0) is 4.79 Å². The quantitative estimate of drug-likeness (QED) is 0.750. The van der Waals surface area contributed by atoms with Crippen molar-refractivity contribution in [2.75, 3.05) is 13.7 Å². The van der Waals surface area contributed by atoms with Gasteiger partial charge >= 0.3 is 0 Å². The number of primary amides is 1. The van der Waals surface area contributed by atoms with E-state index in [2.05, 4.69) is 5.32 Å². The smallest absolute Gasteiger partial charge is 0.255 e. The molecule has 0 aliphatic carbocycles. The molecular formula is C18H18Cl2N2O4. The van der Waals surface area contributed by atoms with E-state index in [1.165, 1.54) is 13.2 Å². The molecule has 0 aliphatic rings. The first-order valence-electron chi connectivity index (χ1n) is 7.66. The highest BCUT2D eigenvalue weighted by Gasteiger charge is 2.15. The summed E-state index contributed by atoms with van der Waals surface area (Å²) in [6.45, 7) is 1.55. The van der Waals surface area contributed by atoms with Gasteiger partial charge in [0, 0.05) is 5.56 Å². The van der Waals surface area contributed by atoms with Gasteiger partial charge in [-0.3, -0.25) is 9.59 Å². The predicted molar refractivity (Wildman–Crippen MR) is 100 cm³/mol. The fraction of sp³-hybridized carbons (Fsp3) is 0.222. The van der Waals surface area contributed by atoms with Crippen molar-refractivity contribution in [1.29, 1.82) is 0 Å². The first-order valence-corrected chi connectivity index (χ1v) is 8.42. The van der Waals surface area contributed by atoms with Crippen molar-refractivity contribution in [3.05, 3.63) is 57.6 Å². The minimum Gasteiger partial charge on any atom is -0.493 e. The van der Waals surface area contributed by atoms with E-state index in [0.717, 1.165) is 5.56 Å². The summed E-state index contributed by atoms with van der Waals surface area (Å²) in [7, 11) is 1.44. The second kappa shape index (κ2) is 8.78. The van der Waals surface area contributed by atoms with E-state index in [1.54, 1.807) is 30.3 Å². The zero-order valence-electron chi connectivity index (χ0n) is 14.2. The number of nitrogens with two attached hydrogens (primary N) is 1. The molecule has 0 saturated heterocycles. The van der Waals surface area contributed by atoms with Gasteiger partial charge in [-0.25, -0.2) is 0 Å². The molecule has 1 unspecified atom stereocenters. The van der Waals surface area contributed by atoms with Crippen LogP contribution in [0.1, 0.15) is 28.9 Å². The van der Waals surface area contributed by atoms with E-state index < -0.39 is 5.91 Å². The molecule has 2 aromatic rings. The van der Waals surface area contributed by atoms with Crippen molar-refractivity contribution in [3.63, 3.8) is 0 Å². The molecule has 2 rings (SSSR count). The van der Waals surface area contributed by atoms with Gasteiger partial charge in [0.05, 0.1) is 23.2 Å². The Labute approximate surface area is 161 Å². The van der Waals surface area contributed by atoms with Crippen LogP contribution in [0.4, 0.5) is 0 Å². The Morgan fingerprint density at radius 2 is 1.85 bits per heavy atom. The van der Waals surface area contributed by atoms with Crippen LogP contribution < -0.4 is 20.5 Å². The molecule has 0 aromatic heterocycles. The maximum Gasteiger partial charge on any atom is 0.255 e. The summed E-state index contributed by atoms with van der Waals surface area (Å²) in [5, 5.41) is 3.74. The molecule has 1 atom stereocenters. The number of benzene rings is 2. The second-order valence-corrected chi connectivity index (χ2v) is 6.30.